The third kappa shape index (κ3) is 4.47. The number of nitrogens with two attached hydrogens (primary N) is 1. The van der Waals surface area contributed by atoms with Gasteiger partial charge in [0, 0.05) is 5.25 Å². The Morgan fingerprint density at radius 3 is 2.62 bits per heavy atom. The molecular weight excluding hydrogens is 118 g/mol. The minimum atomic E-state index is 0.568. The third-order valence-corrected chi connectivity index (χ3v) is 1.84. The monoisotopic (exact) mass is 133 g/mol. The van der Waals surface area contributed by atoms with Crippen LogP contribution in [0.25, 0.3) is 0 Å². The first-order valence-corrected chi connectivity index (χ1v) is 3.71. The van der Waals surface area contributed by atoms with Crippen molar-refractivity contribution in [2.75, 3.05) is 6.54 Å². The Kier molecular flexibility index (Phi) is 5.66. The van der Waals surface area contributed by atoms with Gasteiger partial charge in [0.25, 0.3) is 0 Å². The van der Waals surface area contributed by atoms with Crippen LogP contribution in [0.15, 0.2) is 0 Å². The summed E-state index contributed by atoms with van der Waals surface area (Å²) < 4.78 is 0. The quantitative estimate of drug-likeness (QED) is 0.557. The highest BCUT2D eigenvalue weighted by Crippen LogP contribution is 2.06. The van der Waals surface area contributed by atoms with Gasteiger partial charge in [0.15, 0.2) is 0 Å². The van der Waals surface area contributed by atoms with E-state index in [0.717, 1.165) is 25.8 Å². The zero-order valence-corrected chi connectivity index (χ0v) is 6.32. The van der Waals surface area contributed by atoms with Gasteiger partial charge in [-0.1, -0.05) is 6.92 Å². The molecular formula is C6H15NS. The molecule has 0 heterocycles. The van der Waals surface area contributed by atoms with Crippen LogP contribution in [0.1, 0.15) is 26.2 Å². The molecule has 0 aliphatic heterocycles. The average Bonchev–Trinajstić information content (AvgIpc) is 1.83. The van der Waals surface area contributed by atoms with E-state index in [1.165, 1.54) is 0 Å². The summed E-state index contributed by atoms with van der Waals surface area (Å²) in [4.78, 5) is 0. The fourth-order valence-corrected chi connectivity index (χ4v) is 0.740. The molecule has 1 atom stereocenters. The minimum Gasteiger partial charge on any atom is -0.330 e. The molecule has 2 heteroatoms. The van der Waals surface area contributed by atoms with Gasteiger partial charge in [0.2, 0.25) is 0 Å². The van der Waals surface area contributed by atoms with Crippen LogP contribution in [0, 0.1) is 0 Å². The lowest BCUT2D eigenvalue weighted by Crippen LogP contribution is -2.03. The fraction of sp³-hybridized carbons (Fsp3) is 1.00. The van der Waals surface area contributed by atoms with E-state index in [1.54, 1.807) is 0 Å². The largest absolute Gasteiger partial charge is 0.330 e. The van der Waals surface area contributed by atoms with Gasteiger partial charge < -0.3 is 5.73 Å². The van der Waals surface area contributed by atoms with Crippen LogP contribution in [0.2, 0.25) is 0 Å². The predicted molar refractivity (Wildman–Crippen MR) is 41.4 cm³/mol. The van der Waals surface area contributed by atoms with Crippen molar-refractivity contribution in [3.63, 3.8) is 0 Å². The lowest BCUT2D eigenvalue weighted by atomic mass is 10.2. The maximum Gasteiger partial charge on any atom is 0.00146 e. The summed E-state index contributed by atoms with van der Waals surface area (Å²) in [5.41, 5.74) is 5.30. The third-order valence-electron chi connectivity index (χ3n) is 1.21. The Bertz CT molecular complexity index is 47.8. The van der Waals surface area contributed by atoms with Gasteiger partial charge in [-0.15, -0.1) is 0 Å². The topological polar surface area (TPSA) is 26.0 Å². The Morgan fingerprint density at radius 2 is 2.25 bits per heavy atom. The number of thiol groups is 1. The van der Waals surface area contributed by atoms with Gasteiger partial charge in [-0.2, -0.15) is 12.6 Å². The molecule has 0 spiro atoms. The molecule has 0 fully saturated rings. The van der Waals surface area contributed by atoms with E-state index in [-0.39, 0.29) is 0 Å². The summed E-state index contributed by atoms with van der Waals surface area (Å²) >= 11 is 4.31. The molecule has 8 heavy (non-hydrogen) atoms. The molecule has 0 aromatic carbocycles. The standard InChI is InChI=1S/C6H15NS/c1-2-6(8)4-3-5-7/h6,8H,2-5,7H2,1H3. The van der Waals surface area contributed by atoms with E-state index in [0.29, 0.717) is 5.25 Å². The van der Waals surface area contributed by atoms with Crippen LogP contribution >= 0.6 is 12.6 Å². The normalized spacial score (nSPS) is 13.9. The van der Waals surface area contributed by atoms with Crippen molar-refractivity contribution in [3.05, 3.63) is 0 Å². The Labute approximate surface area is 57.1 Å². The van der Waals surface area contributed by atoms with Gasteiger partial charge in [-0.25, -0.2) is 0 Å². The molecule has 0 aliphatic rings. The fourth-order valence-electron chi connectivity index (χ4n) is 0.558. The number of rotatable bonds is 4. The van der Waals surface area contributed by atoms with Crippen molar-refractivity contribution in [1.29, 1.82) is 0 Å². The highest BCUT2D eigenvalue weighted by atomic mass is 32.1. The van der Waals surface area contributed by atoms with E-state index in [1.807, 2.05) is 0 Å². The van der Waals surface area contributed by atoms with Crippen LogP contribution in [-0.2, 0) is 0 Å². The van der Waals surface area contributed by atoms with Crippen LogP contribution in [0.3, 0.4) is 0 Å². The Morgan fingerprint density at radius 1 is 1.62 bits per heavy atom. The molecule has 0 aliphatic carbocycles. The van der Waals surface area contributed by atoms with Gasteiger partial charge in [0.05, 0.1) is 0 Å². The number of hydrogen-bond acceptors (Lipinski definition) is 2. The first-order chi connectivity index (χ1) is 3.81. The SMILES string of the molecule is CCC(S)CCCN. The summed E-state index contributed by atoms with van der Waals surface area (Å²) in [7, 11) is 0. The van der Waals surface area contributed by atoms with Crippen molar-refractivity contribution in [2.24, 2.45) is 5.73 Å². The van der Waals surface area contributed by atoms with E-state index in [9.17, 15) is 0 Å². The summed E-state index contributed by atoms with van der Waals surface area (Å²) in [6.45, 7) is 2.95. The highest BCUT2D eigenvalue weighted by Gasteiger charge is 1.95. The highest BCUT2D eigenvalue weighted by molar-refractivity contribution is 7.80. The van der Waals surface area contributed by atoms with Crippen LogP contribution < -0.4 is 5.73 Å². The molecule has 0 rings (SSSR count). The average molecular weight is 133 g/mol. The molecule has 0 aromatic rings. The molecule has 1 nitrogen and oxygen atoms in total. The first-order valence-electron chi connectivity index (χ1n) is 3.19. The number of hydrogen-bond donors (Lipinski definition) is 2. The van der Waals surface area contributed by atoms with E-state index in [4.69, 9.17) is 5.73 Å². The van der Waals surface area contributed by atoms with Gasteiger partial charge in [-0.3, -0.25) is 0 Å². The maximum atomic E-state index is 5.30. The zero-order valence-electron chi connectivity index (χ0n) is 5.43. The molecule has 0 aromatic heterocycles. The second-order valence-corrected chi connectivity index (χ2v) is 2.72. The van der Waals surface area contributed by atoms with E-state index < -0.39 is 0 Å². The summed E-state index contributed by atoms with van der Waals surface area (Å²) in [6.07, 6.45) is 3.43. The summed E-state index contributed by atoms with van der Waals surface area (Å²) in [5.74, 6) is 0. The first kappa shape index (κ1) is 8.31. The second kappa shape index (κ2) is 5.45. The van der Waals surface area contributed by atoms with Crippen molar-refractivity contribution >= 4 is 12.6 Å². The molecule has 0 saturated carbocycles. The minimum absolute atomic E-state index is 0.568. The Hall–Kier alpha value is 0.310. The Balaban J connectivity index is 2.86. The second-order valence-electron chi connectivity index (χ2n) is 1.99. The predicted octanol–water partition coefficient (Wildman–Crippen LogP) is 1.43. The van der Waals surface area contributed by atoms with Crippen molar-refractivity contribution < 1.29 is 0 Å². The molecule has 50 valence electrons. The maximum absolute atomic E-state index is 5.30. The van der Waals surface area contributed by atoms with E-state index >= 15 is 0 Å². The van der Waals surface area contributed by atoms with Crippen LogP contribution in [0.5, 0.6) is 0 Å². The van der Waals surface area contributed by atoms with Crippen molar-refractivity contribution in [1.82, 2.24) is 0 Å². The molecule has 0 bridgehead atoms. The van der Waals surface area contributed by atoms with Crippen LogP contribution in [-0.4, -0.2) is 11.8 Å². The van der Waals surface area contributed by atoms with Gasteiger partial charge >= 0.3 is 0 Å². The smallest absolute Gasteiger partial charge is 0.00146 e. The van der Waals surface area contributed by atoms with Gasteiger partial charge in [-0.05, 0) is 25.8 Å². The molecule has 0 amide bonds. The summed E-state index contributed by atoms with van der Waals surface area (Å²) in [6, 6.07) is 0. The molecule has 0 radical (unpaired) electrons. The molecule has 2 N–H and O–H groups in total. The lowest BCUT2D eigenvalue weighted by molar-refractivity contribution is 0.693. The summed E-state index contributed by atoms with van der Waals surface area (Å²) in [5, 5.41) is 0.568. The van der Waals surface area contributed by atoms with Crippen LogP contribution in [0.4, 0.5) is 0 Å². The van der Waals surface area contributed by atoms with E-state index in [2.05, 4.69) is 19.6 Å². The lowest BCUT2D eigenvalue weighted by Gasteiger charge is -2.03. The zero-order chi connectivity index (χ0) is 6.41. The molecule has 0 saturated heterocycles. The van der Waals surface area contributed by atoms with Crippen molar-refractivity contribution in [2.45, 2.75) is 31.4 Å². The molecule has 1 unspecified atom stereocenters. The van der Waals surface area contributed by atoms with Gasteiger partial charge in [0.1, 0.15) is 0 Å². The van der Waals surface area contributed by atoms with Crippen molar-refractivity contribution in [3.8, 4) is 0 Å².